The number of rotatable bonds is 6. The number of carbonyl (C=O) groups is 1. The third kappa shape index (κ3) is 3.50. The van der Waals surface area contributed by atoms with Gasteiger partial charge < -0.3 is 14.8 Å². The van der Waals surface area contributed by atoms with Crippen LogP contribution in [-0.2, 0) is 32.9 Å². The van der Waals surface area contributed by atoms with E-state index in [1.807, 2.05) is 6.07 Å². The van der Waals surface area contributed by atoms with E-state index in [-0.39, 0.29) is 11.4 Å². The lowest BCUT2D eigenvalue weighted by molar-refractivity contribution is -0.130. The molecule has 0 bridgehead atoms. The van der Waals surface area contributed by atoms with Crippen LogP contribution in [0.4, 0.5) is 0 Å². The minimum Gasteiger partial charge on any atom is -0.383 e. The summed E-state index contributed by atoms with van der Waals surface area (Å²) in [7, 11) is 1.63. The van der Waals surface area contributed by atoms with Crippen molar-refractivity contribution < 1.29 is 14.3 Å². The van der Waals surface area contributed by atoms with E-state index >= 15 is 0 Å². The number of hydrogen-bond acceptors (Lipinski definition) is 4. The Bertz CT molecular complexity index is 795. The van der Waals surface area contributed by atoms with Crippen LogP contribution in [0, 0.1) is 0 Å². The van der Waals surface area contributed by atoms with Crippen molar-refractivity contribution in [2.45, 2.75) is 31.2 Å². The van der Waals surface area contributed by atoms with Crippen LogP contribution in [0.5, 0.6) is 0 Å². The molecule has 2 aliphatic rings. The Morgan fingerprint density at radius 1 is 1.22 bits per heavy atom. The van der Waals surface area contributed by atoms with E-state index in [0.717, 1.165) is 13.1 Å². The smallest absolute Gasteiger partial charge is 0.249 e. The number of carbonyl (C=O) groups excluding carboxylic acids is 1. The van der Waals surface area contributed by atoms with Gasteiger partial charge in [0.05, 0.1) is 18.8 Å². The molecule has 0 aliphatic carbocycles. The molecule has 1 fully saturated rings. The standard InChI is InChI=1S/C22H26N2O3/c1-26-12-11-23-21(25)20-13-22(16-27-20)19-10-6-5-9-18(19)15-24(22)14-17-7-3-2-4-8-17/h2-10,20H,11-16H2,1H3,(H,23,25)/t20-,22+/m1/s1. The van der Waals surface area contributed by atoms with Crippen molar-refractivity contribution in [3.8, 4) is 0 Å². The van der Waals surface area contributed by atoms with Gasteiger partial charge in [-0.2, -0.15) is 0 Å². The molecule has 5 heteroatoms. The van der Waals surface area contributed by atoms with Gasteiger partial charge in [-0.1, -0.05) is 54.6 Å². The predicted octanol–water partition coefficient (Wildman–Crippen LogP) is 2.45. The number of benzene rings is 2. The summed E-state index contributed by atoms with van der Waals surface area (Å²) in [6.07, 6.45) is 0.252. The summed E-state index contributed by atoms with van der Waals surface area (Å²) in [5.74, 6) is -0.0482. The molecule has 2 aliphatic heterocycles. The minimum absolute atomic E-state index is 0.0482. The van der Waals surface area contributed by atoms with Crippen LogP contribution in [0.3, 0.4) is 0 Å². The summed E-state index contributed by atoms with van der Waals surface area (Å²) < 4.78 is 11.0. The van der Waals surface area contributed by atoms with Gasteiger partial charge in [0, 0.05) is 33.2 Å². The molecule has 5 nitrogen and oxygen atoms in total. The van der Waals surface area contributed by atoms with Gasteiger partial charge in [0.2, 0.25) is 5.91 Å². The molecular formula is C22H26N2O3. The zero-order chi connectivity index (χ0) is 18.7. The molecule has 2 atom stereocenters. The lowest BCUT2D eigenvalue weighted by Gasteiger charge is -2.34. The van der Waals surface area contributed by atoms with Gasteiger partial charge in [-0.15, -0.1) is 0 Å². The molecule has 142 valence electrons. The predicted molar refractivity (Wildman–Crippen MR) is 103 cm³/mol. The van der Waals surface area contributed by atoms with Crippen LogP contribution in [0.15, 0.2) is 54.6 Å². The number of nitrogens with one attached hydrogen (secondary N) is 1. The molecule has 4 rings (SSSR count). The molecule has 2 aromatic rings. The average molecular weight is 366 g/mol. The number of hydrogen-bond donors (Lipinski definition) is 1. The Kier molecular flexibility index (Phi) is 5.25. The second-order valence-electron chi connectivity index (χ2n) is 7.32. The van der Waals surface area contributed by atoms with Gasteiger partial charge in [0.1, 0.15) is 6.10 Å². The van der Waals surface area contributed by atoms with E-state index in [0.29, 0.717) is 26.2 Å². The Morgan fingerprint density at radius 3 is 2.81 bits per heavy atom. The lowest BCUT2D eigenvalue weighted by Crippen LogP contribution is -2.42. The number of fused-ring (bicyclic) bond motifs is 2. The Morgan fingerprint density at radius 2 is 2.00 bits per heavy atom. The third-order valence-electron chi connectivity index (χ3n) is 5.65. The number of amides is 1. The quantitative estimate of drug-likeness (QED) is 0.798. The lowest BCUT2D eigenvalue weighted by atomic mass is 9.86. The number of ether oxygens (including phenoxy) is 2. The molecule has 0 aromatic heterocycles. The van der Waals surface area contributed by atoms with E-state index in [1.165, 1.54) is 16.7 Å². The van der Waals surface area contributed by atoms with Gasteiger partial charge >= 0.3 is 0 Å². The fourth-order valence-electron chi connectivity index (χ4n) is 4.28. The van der Waals surface area contributed by atoms with Crippen molar-refractivity contribution in [1.29, 1.82) is 0 Å². The highest BCUT2D eigenvalue weighted by Gasteiger charge is 2.52. The summed E-state index contributed by atoms with van der Waals surface area (Å²) in [6.45, 7) is 3.28. The first-order valence-electron chi connectivity index (χ1n) is 9.48. The first-order chi connectivity index (χ1) is 13.2. The van der Waals surface area contributed by atoms with E-state index in [9.17, 15) is 4.79 Å². The molecule has 1 saturated heterocycles. The molecular weight excluding hydrogens is 340 g/mol. The van der Waals surface area contributed by atoms with Crippen molar-refractivity contribution in [2.24, 2.45) is 0 Å². The van der Waals surface area contributed by atoms with Crippen LogP contribution < -0.4 is 5.32 Å². The Balaban J connectivity index is 1.56. The van der Waals surface area contributed by atoms with E-state index in [4.69, 9.17) is 9.47 Å². The van der Waals surface area contributed by atoms with Crippen molar-refractivity contribution in [1.82, 2.24) is 10.2 Å². The molecule has 27 heavy (non-hydrogen) atoms. The largest absolute Gasteiger partial charge is 0.383 e. The average Bonchev–Trinajstić information content (AvgIpc) is 3.27. The van der Waals surface area contributed by atoms with Gasteiger partial charge in [-0.05, 0) is 16.7 Å². The van der Waals surface area contributed by atoms with Gasteiger partial charge in [-0.25, -0.2) is 0 Å². The second-order valence-corrected chi connectivity index (χ2v) is 7.32. The van der Waals surface area contributed by atoms with Crippen molar-refractivity contribution in [2.75, 3.05) is 26.9 Å². The fraction of sp³-hybridized carbons (Fsp3) is 0.409. The van der Waals surface area contributed by atoms with E-state index < -0.39 is 6.10 Å². The van der Waals surface area contributed by atoms with Gasteiger partial charge in [-0.3, -0.25) is 9.69 Å². The summed E-state index contributed by atoms with van der Waals surface area (Å²) in [5, 5.41) is 2.91. The first-order valence-corrected chi connectivity index (χ1v) is 9.48. The normalized spacial score (nSPS) is 24.3. The second kappa shape index (κ2) is 7.80. The maximum Gasteiger partial charge on any atom is 0.249 e. The highest BCUT2D eigenvalue weighted by molar-refractivity contribution is 5.81. The monoisotopic (exact) mass is 366 g/mol. The molecule has 0 saturated carbocycles. The van der Waals surface area contributed by atoms with Crippen molar-refractivity contribution >= 4 is 5.91 Å². The summed E-state index contributed by atoms with van der Waals surface area (Å²) in [5.41, 5.74) is 3.67. The maximum absolute atomic E-state index is 12.5. The number of nitrogens with zero attached hydrogens (tertiary/aromatic N) is 1. The van der Waals surface area contributed by atoms with Crippen LogP contribution in [0.2, 0.25) is 0 Å². The molecule has 1 spiro atoms. The molecule has 2 heterocycles. The van der Waals surface area contributed by atoms with Gasteiger partial charge in [0.15, 0.2) is 0 Å². The third-order valence-corrected chi connectivity index (χ3v) is 5.65. The molecule has 0 unspecified atom stereocenters. The van der Waals surface area contributed by atoms with E-state index in [1.54, 1.807) is 7.11 Å². The first kappa shape index (κ1) is 18.2. The molecule has 2 aromatic carbocycles. The Labute approximate surface area is 160 Å². The van der Waals surface area contributed by atoms with Crippen molar-refractivity contribution in [3.63, 3.8) is 0 Å². The molecule has 1 N–H and O–H groups in total. The van der Waals surface area contributed by atoms with Gasteiger partial charge in [0.25, 0.3) is 0 Å². The Hall–Kier alpha value is -2.21. The van der Waals surface area contributed by atoms with Crippen LogP contribution in [0.1, 0.15) is 23.1 Å². The highest BCUT2D eigenvalue weighted by Crippen LogP contribution is 2.47. The van der Waals surface area contributed by atoms with Crippen LogP contribution >= 0.6 is 0 Å². The maximum atomic E-state index is 12.5. The number of methoxy groups -OCH3 is 1. The fourth-order valence-corrected chi connectivity index (χ4v) is 4.28. The highest BCUT2D eigenvalue weighted by atomic mass is 16.5. The van der Waals surface area contributed by atoms with Crippen LogP contribution in [0.25, 0.3) is 0 Å². The van der Waals surface area contributed by atoms with E-state index in [2.05, 4.69) is 58.7 Å². The molecule has 1 amide bonds. The molecule has 0 radical (unpaired) electrons. The summed E-state index contributed by atoms with van der Waals surface area (Å²) in [4.78, 5) is 15.0. The summed E-state index contributed by atoms with van der Waals surface area (Å²) in [6, 6.07) is 19.0. The SMILES string of the molecule is COCCNC(=O)[C@H]1C[C@]2(CO1)c1ccccc1CN2Cc1ccccc1. The zero-order valence-electron chi connectivity index (χ0n) is 15.7. The van der Waals surface area contributed by atoms with Crippen molar-refractivity contribution in [3.05, 3.63) is 71.3 Å². The van der Waals surface area contributed by atoms with Crippen LogP contribution in [-0.4, -0.2) is 43.8 Å². The zero-order valence-corrected chi connectivity index (χ0v) is 15.7. The summed E-state index contributed by atoms with van der Waals surface area (Å²) >= 11 is 0. The topological polar surface area (TPSA) is 50.8 Å². The minimum atomic E-state index is -0.425.